The van der Waals surface area contributed by atoms with Gasteiger partial charge in [0.1, 0.15) is 23.6 Å². The summed E-state index contributed by atoms with van der Waals surface area (Å²) in [4.78, 5) is 36.1. The lowest BCUT2D eigenvalue weighted by molar-refractivity contribution is -0.162. The van der Waals surface area contributed by atoms with Crippen molar-refractivity contribution in [3.8, 4) is 17.1 Å². The molecule has 3 aromatic heterocycles. The summed E-state index contributed by atoms with van der Waals surface area (Å²) in [5, 5.41) is 6.72. The van der Waals surface area contributed by atoms with Gasteiger partial charge in [-0.05, 0) is 17.7 Å². The molecule has 12 nitrogen and oxygen atoms in total. The molecule has 238 valence electrons. The van der Waals surface area contributed by atoms with E-state index in [-0.39, 0.29) is 49.7 Å². The van der Waals surface area contributed by atoms with Crippen LogP contribution in [0.2, 0.25) is 0 Å². The molecule has 2 aliphatic rings. The van der Waals surface area contributed by atoms with Gasteiger partial charge in [0.2, 0.25) is 5.88 Å². The number of carbonyl (C=O) groups is 2. The Hall–Kier alpha value is -4.35. The number of nitrogens with one attached hydrogen (secondary N) is 1. The van der Waals surface area contributed by atoms with Crippen LogP contribution in [-0.4, -0.2) is 106 Å². The standard InChI is InChI=1S/C26H28F6N8O4/c1-43-23-16(22(41)37-18-11-39(10-17(18)27)24(42)44-12-26(30,31)32)6-14(8-34-23)19-7-15(20-21(33)35-13-36-40(19)20)9-38-4-2-25(28,29)3-5-38/h6-8,13,17-18H,2-5,9-12H2,1H3,(H,37,41)(H2,33,35,36)/t17-,18?/m0/s1. The van der Waals surface area contributed by atoms with Gasteiger partial charge in [0.05, 0.1) is 25.4 Å². The van der Waals surface area contributed by atoms with Crippen LogP contribution in [-0.2, 0) is 11.3 Å². The number of likely N-dealkylation sites (tertiary alicyclic amines) is 2. The van der Waals surface area contributed by atoms with Crippen molar-refractivity contribution in [1.82, 2.24) is 34.7 Å². The third-order valence-electron chi connectivity index (χ3n) is 7.41. The molecule has 2 atom stereocenters. The van der Waals surface area contributed by atoms with Crippen LogP contribution in [0.25, 0.3) is 16.8 Å². The number of rotatable bonds is 7. The molecule has 3 N–H and O–H groups in total. The van der Waals surface area contributed by atoms with Gasteiger partial charge in [-0.1, -0.05) is 0 Å². The second-order valence-corrected chi connectivity index (χ2v) is 10.5. The summed E-state index contributed by atoms with van der Waals surface area (Å²) in [5.41, 5.74) is 7.98. The molecule has 0 aliphatic carbocycles. The van der Waals surface area contributed by atoms with Crippen molar-refractivity contribution in [2.24, 2.45) is 0 Å². The van der Waals surface area contributed by atoms with E-state index in [0.717, 1.165) is 4.90 Å². The number of ether oxygens (including phenoxy) is 2. The summed E-state index contributed by atoms with van der Waals surface area (Å²) >= 11 is 0. The molecule has 2 amide bonds. The quantitative estimate of drug-likeness (QED) is 0.377. The molecule has 5 rings (SSSR count). The van der Waals surface area contributed by atoms with Crippen molar-refractivity contribution in [1.29, 1.82) is 0 Å². The molecule has 0 radical (unpaired) electrons. The lowest BCUT2D eigenvalue weighted by Gasteiger charge is -2.31. The molecular weight excluding hydrogens is 602 g/mol. The number of methoxy groups -OCH3 is 1. The zero-order valence-electron chi connectivity index (χ0n) is 23.3. The highest BCUT2D eigenvalue weighted by Crippen LogP contribution is 2.33. The first kappa shape index (κ1) is 31.1. The Morgan fingerprint density at radius 1 is 1.16 bits per heavy atom. The Morgan fingerprint density at radius 3 is 2.57 bits per heavy atom. The van der Waals surface area contributed by atoms with E-state index in [2.05, 4.69) is 25.1 Å². The minimum atomic E-state index is -4.75. The molecule has 18 heteroatoms. The van der Waals surface area contributed by atoms with E-state index in [9.17, 15) is 35.9 Å². The number of nitrogen functional groups attached to an aromatic ring is 1. The number of carbonyl (C=O) groups excluding carboxylic acids is 2. The molecule has 44 heavy (non-hydrogen) atoms. The van der Waals surface area contributed by atoms with Gasteiger partial charge < -0.3 is 25.4 Å². The second-order valence-electron chi connectivity index (χ2n) is 10.5. The van der Waals surface area contributed by atoms with Gasteiger partial charge in [0.25, 0.3) is 11.8 Å². The van der Waals surface area contributed by atoms with Crippen LogP contribution in [0.3, 0.4) is 0 Å². The van der Waals surface area contributed by atoms with Crippen LogP contribution < -0.4 is 15.8 Å². The van der Waals surface area contributed by atoms with E-state index in [0.29, 0.717) is 22.3 Å². The van der Waals surface area contributed by atoms with Gasteiger partial charge in [0, 0.05) is 50.8 Å². The number of pyridine rings is 1. The Morgan fingerprint density at radius 2 is 1.89 bits per heavy atom. The van der Waals surface area contributed by atoms with Gasteiger partial charge in [-0.15, -0.1) is 0 Å². The number of aromatic nitrogens is 4. The predicted molar refractivity (Wildman–Crippen MR) is 142 cm³/mol. The van der Waals surface area contributed by atoms with E-state index in [4.69, 9.17) is 10.5 Å². The zero-order valence-corrected chi connectivity index (χ0v) is 23.3. The van der Waals surface area contributed by atoms with Crippen molar-refractivity contribution in [2.45, 2.75) is 43.7 Å². The van der Waals surface area contributed by atoms with Crippen molar-refractivity contribution in [2.75, 3.05) is 45.6 Å². The van der Waals surface area contributed by atoms with Gasteiger partial charge >= 0.3 is 12.3 Å². The van der Waals surface area contributed by atoms with Gasteiger partial charge in [0.15, 0.2) is 12.4 Å². The first-order valence-electron chi connectivity index (χ1n) is 13.4. The summed E-state index contributed by atoms with van der Waals surface area (Å²) < 4.78 is 90.2. The Labute approximate surface area is 246 Å². The van der Waals surface area contributed by atoms with Crippen LogP contribution in [0.5, 0.6) is 5.88 Å². The van der Waals surface area contributed by atoms with Crippen LogP contribution in [0.4, 0.5) is 37.0 Å². The lowest BCUT2D eigenvalue weighted by atomic mass is 10.1. The fraction of sp³-hybridized carbons (Fsp3) is 0.500. The molecule has 1 unspecified atom stereocenters. The average Bonchev–Trinajstić information content (AvgIpc) is 3.53. The fourth-order valence-corrected chi connectivity index (χ4v) is 5.20. The third kappa shape index (κ3) is 6.74. The maximum Gasteiger partial charge on any atom is 0.422 e. The summed E-state index contributed by atoms with van der Waals surface area (Å²) in [5.74, 6) is -3.49. The van der Waals surface area contributed by atoms with Crippen LogP contribution in [0.15, 0.2) is 24.7 Å². The van der Waals surface area contributed by atoms with E-state index < -0.39 is 56.0 Å². The number of amides is 2. The Balaban J connectivity index is 1.38. The predicted octanol–water partition coefficient (Wildman–Crippen LogP) is 3.06. The molecule has 0 spiro atoms. The first-order valence-corrected chi connectivity index (χ1v) is 13.4. The summed E-state index contributed by atoms with van der Waals surface area (Å²) in [6.07, 6.45) is -5.80. The number of hydrogen-bond donors (Lipinski definition) is 2. The molecule has 0 aromatic carbocycles. The smallest absolute Gasteiger partial charge is 0.422 e. The maximum absolute atomic E-state index is 14.7. The summed E-state index contributed by atoms with van der Waals surface area (Å²) in [6.45, 7) is -2.19. The second kappa shape index (κ2) is 12.0. The number of alkyl halides is 6. The molecular formula is C26H28F6N8O4. The number of nitrogens with zero attached hydrogens (tertiary/aromatic N) is 6. The highest BCUT2D eigenvalue weighted by molar-refractivity contribution is 5.98. The largest absolute Gasteiger partial charge is 0.480 e. The fourth-order valence-electron chi connectivity index (χ4n) is 5.20. The minimum absolute atomic E-state index is 0.105. The normalized spacial score (nSPS) is 20.6. The van der Waals surface area contributed by atoms with Crippen molar-refractivity contribution < 1.29 is 45.4 Å². The van der Waals surface area contributed by atoms with Gasteiger partial charge in [-0.25, -0.2) is 32.4 Å². The lowest BCUT2D eigenvalue weighted by Crippen LogP contribution is -2.42. The molecule has 2 aliphatic heterocycles. The third-order valence-corrected chi connectivity index (χ3v) is 7.41. The topological polar surface area (TPSA) is 140 Å². The van der Waals surface area contributed by atoms with Gasteiger partial charge in [-0.2, -0.15) is 18.3 Å². The van der Waals surface area contributed by atoms with Crippen molar-refractivity contribution in [3.63, 3.8) is 0 Å². The number of hydrogen-bond acceptors (Lipinski definition) is 9. The monoisotopic (exact) mass is 630 g/mol. The molecule has 2 fully saturated rings. The number of anilines is 1. The van der Waals surface area contributed by atoms with E-state index >= 15 is 0 Å². The van der Waals surface area contributed by atoms with Crippen LogP contribution in [0, 0.1) is 0 Å². The average molecular weight is 631 g/mol. The van der Waals surface area contributed by atoms with Crippen molar-refractivity contribution >= 4 is 23.3 Å². The van der Waals surface area contributed by atoms with E-state index in [1.165, 1.54) is 30.2 Å². The number of piperidine rings is 1. The van der Waals surface area contributed by atoms with Crippen molar-refractivity contribution in [3.05, 3.63) is 35.8 Å². The van der Waals surface area contributed by atoms with Gasteiger partial charge in [-0.3, -0.25) is 9.69 Å². The molecule has 0 saturated carbocycles. The molecule has 0 bridgehead atoms. The Bertz CT molecular complexity index is 1540. The molecule has 3 aromatic rings. The maximum atomic E-state index is 14.7. The molecule has 2 saturated heterocycles. The minimum Gasteiger partial charge on any atom is -0.480 e. The zero-order chi connectivity index (χ0) is 31.8. The highest BCUT2D eigenvalue weighted by atomic mass is 19.4. The number of nitrogens with two attached hydrogens (primary N) is 1. The van der Waals surface area contributed by atoms with Crippen LogP contribution >= 0.6 is 0 Å². The summed E-state index contributed by atoms with van der Waals surface area (Å²) in [6, 6.07) is 1.90. The first-order chi connectivity index (χ1) is 20.7. The van der Waals surface area contributed by atoms with E-state index in [1.807, 2.05) is 4.90 Å². The molecule has 5 heterocycles. The van der Waals surface area contributed by atoms with Crippen LogP contribution in [0.1, 0.15) is 28.8 Å². The van der Waals surface area contributed by atoms with E-state index in [1.54, 1.807) is 6.07 Å². The Kier molecular flexibility index (Phi) is 8.46. The highest BCUT2D eigenvalue weighted by Gasteiger charge is 2.39. The SMILES string of the molecule is COc1ncc(-c2cc(CN3CCC(F)(F)CC3)c3c(N)ncnn23)cc1C(=O)NC1CN(C(=O)OCC(F)(F)F)C[C@@H]1F. The number of halogens is 6. The number of fused-ring (bicyclic) bond motifs is 1. The summed E-state index contributed by atoms with van der Waals surface area (Å²) in [7, 11) is 1.27.